The zero-order chi connectivity index (χ0) is 14.9. The number of aromatic nitrogens is 2. The van der Waals surface area contributed by atoms with Crippen molar-refractivity contribution in [3.8, 4) is 11.3 Å². The predicted molar refractivity (Wildman–Crippen MR) is 87.4 cm³/mol. The van der Waals surface area contributed by atoms with Crippen LogP contribution in [0, 0.1) is 12.0 Å². The fraction of sp³-hybridized carbons (Fsp3) is 0.412. The molecule has 113 valence electrons. The van der Waals surface area contributed by atoms with Gasteiger partial charge in [0.05, 0.1) is 5.69 Å². The summed E-state index contributed by atoms with van der Waals surface area (Å²) >= 11 is 0. The van der Waals surface area contributed by atoms with Crippen molar-refractivity contribution in [1.29, 1.82) is 0 Å². The summed E-state index contributed by atoms with van der Waals surface area (Å²) in [6.07, 6.45) is 2.57. The Labute approximate surface area is 130 Å². The lowest BCUT2D eigenvalue weighted by atomic mass is 9.94. The summed E-state index contributed by atoms with van der Waals surface area (Å²) in [5, 5.41) is 3.62. The van der Waals surface area contributed by atoms with Gasteiger partial charge in [-0.3, -0.25) is 0 Å². The molecule has 5 nitrogen and oxygen atoms in total. The van der Waals surface area contributed by atoms with Crippen LogP contribution >= 0.6 is 0 Å². The Kier molecular flexibility index (Phi) is 3.42. The number of hydrogen-bond donors (Lipinski definition) is 2. The first kappa shape index (κ1) is 13.5. The summed E-state index contributed by atoms with van der Waals surface area (Å²) in [7, 11) is 0. The van der Waals surface area contributed by atoms with Crippen molar-refractivity contribution in [1.82, 2.24) is 15.3 Å². The van der Waals surface area contributed by atoms with Gasteiger partial charge in [0.15, 0.2) is 0 Å². The molecule has 2 aliphatic heterocycles. The molecular formula is C17H20N5. The second-order valence-electron chi connectivity index (χ2n) is 6.13. The molecule has 0 amide bonds. The lowest BCUT2D eigenvalue weighted by molar-refractivity contribution is 0.340. The second-order valence-corrected chi connectivity index (χ2v) is 6.13. The summed E-state index contributed by atoms with van der Waals surface area (Å²) in [5.74, 6) is 1.99. The van der Waals surface area contributed by atoms with Gasteiger partial charge in [0.1, 0.15) is 5.82 Å². The molecule has 5 heteroatoms. The summed E-state index contributed by atoms with van der Waals surface area (Å²) < 4.78 is 0. The van der Waals surface area contributed by atoms with Crippen LogP contribution in [0.15, 0.2) is 30.3 Å². The van der Waals surface area contributed by atoms with E-state index < -0.39 is 0 Å². The van der Waals surface area contributed by atoms with E-state index in [4.69, 9.17) is 5.73 Å². The van der Waals surface area contributed by atoms with Gasteiger partial charge < -0.3 is 16.0 Å². The number of nitrogen functional groups attached to an aromatic ring is 1. The number of nitrogens with two attached hydrogens (primary N) is 1. The molecule has 2 saturated heterocycles. The van der Waals surface area contributed by atoms with E-state index in [1.807, 2.05) is 30.3 Å². The predicted octanol–water partition coefficient (Wildman–Crippen LogP) is 1.71. The van der Waals surface area contributed by atoms with Crippen molar-refractivity contribution < 1.29 is 0 Å². The molecule has 3 N–H and O–H groups in total. The van der Waals surface area contributed by atoms with Gasteiger partial charge >= 0.3 is 0 Å². The third kappa shape index (κ3) is 2.52. The maximum atomic E-state index is 5.94. The van der Waals surface area contributed by atoms with Crippen molar-refractivity contribution in [2.45, 2.75) is 18.9 Å². The van der Waals surface area contributed by atoms with Crippen molar-refractivity contribution >= 4 is 11.8 Å². The third-order valence-electron chi connectivity index (χ3n) is 4.66. The molecule has 1 radical (unpaired) electrons. The Morgan fingerprint density at radius 3 is 3.09 bits per heavy atom. The van der Waals surface area contributed by atoms with Crippen LogP contribution in [0.5, 0.6) is 0 Å². The van der Waals surface area contributed by atoms with Crippen molar-refractivity contribution in [3.05, 3.63) is 36.4 Å². The summed E-state index contributed by atoms with van der Waals surface area (Å²) in [6.45, 7) is 3.18. The molecule has 0 spiro atoms. The van der Waals surface area contributed by atoms with Gasteiger partial charge in [0.25, 0.3) is 0 Å². The number of nitrogens with one attached hydrogen (secondary N) is 1. The van der Waals surface area contributed by atoms with E-state index >= 15 is 0 Å². The smallest absolute Gasteiger partial charge is 0.222 e. The van der Waals surface area contributed by atoms with Crippen LogP contribution in [-0.2, 0) is 0 Å². The number of anilines is 2. The molecule has 4 rings (SSSR count). The van der Waals surface area contributed by atoms with Crippen molar-refractivity contribution in [2.24, 2.45) is 5.92 Å². The molecule has 2 aliphatic rings. The molecule has 1 aromatic heterocycles. The molecule has 2 aromatic rings. The standard InChI is InChI=1S/C17H20N5/c18-17-20-14(12-5-2-1-3-6-12)9-16(21-17)22-10-13-7-4-8-19-15(13)11-22/h1-2,5-6,9,13,15,19H,4,7-8,10-11H2,(H2,18,20,21). The minimum atomic E-state index is 0.333. The average Bonchev–Trinajstić information content (AvgIpc) is 2.99. The normalized spacial score (nSPS) is 24.3. The molecule has 2 fully saturated rings. The Balaban J connectivity index is 1.64. The van der Waals surface area contributed by atoms with E-state index in [2.05, 4.69) is 26.3 Å². The first-order chi connectivity index (χ1) is 10.8. The highest BCUT2D eigenvalue weighted by Gasteiger charge is 2.35. The third-order valence-corrected chi connectivity index (χ3v) is 4.66. The highest BCUT2D eigenvalue weighted by Crippen LogP contribution is 2.30. The fourth-order valence-electron chi connectivity index (χ4n) is 3.55. The number of piperidine rings is 1. The van der Waals surface area contributed by atoms with Crippen LogP contribution in [0.25, 0.3) is 11.3 Å². The Morgan fingerprint density at radius 2 is 2.27 bits per heavy atom. The quantitative estimate of drug-likeness (QED) is 0.882. The first-order valence-electron chi connectivity index (χ1n) is 7.89. The van der Waals surface area contributed by atoms with Crippen LogP contribution in [0.3, 0.4) is 0 Å². The van der Waals surface area contributed by atoms with E-state index in [0.717, 1.165) is 42.6 Å². The zero-order valence-electron chi connectivity index (χ0n) is 12.5. The Hall–Kier alpha value is -2.14. The van der Waals surface area contributed by atoms with Crippen LogP contribution in [0.2, 0.25) is 0 Å². The first-order valence-corrected chi connectivity index (χ1v) is 7.89. The van der Waals surface area contributed by atoms with E-state index in [0.29, 0.717) is 12.0 Å². The van der Waals surface area contributed by atoms with Gasteiger partial charge in [-0.25, -0.2) is 4.98 Å². The monoisotopic (exact) mass is 294 g/mol. The minimum absolute atomic E-state index is 0.333. The van der Waals surface area contributed by atoms with E-state index in [1.165, 1.54) is 12.8 Å². The van der Waals surface area contributed by atoms with Crippen LogP contribution in [0.4, 0.5) is 11.8 Å². The van der Waals surface area contributed by atoms with Crippen LogP contribution < -0.4 is 16.0 Å². The molecule has 1 aromatic carbocycles. The van der Waals surface area contributed by atoms with E-state index in [1.54, 1.807) is 0 Å². The highest BCUT2D eigenvalue weighted by atomic mass is 15.3. The lowest BCUT2D eigenvalue weighted by Crippen LogP contribution is -2.40. The van der Waals surface area contributed by atoms with Gasteiger partial charge in [-0.05, 0) is 37.4 Å². The molecule has 2 unspecified atom stereocenters. The molecule has 2 atom stereocenters. The number of benzene rings is 1. The minimum Gasteiger partial charge on any atom is -0.368 e. The van der Waals surface area contributed by atoms with Crippen LogP contribution in [0.1, 0.15) is 12.8 Å². The fourth-order valence-corrected chi connectivity index (χ4v) is 3.55. The topological polar surface area (TPSA) is 67.1 Å². The molecule has 0 bridgehead atoms. The average molecular weight is 294 g/mol. The Bertz CT molecular complexity index is 643. The number of nitrogens with zero attached hydrogens (tertiary/aromatic N) is 3. The summed E-state index contributed by atoms with van der Waals surface area (Å²) in [6, 6.07) is 13.5. The van der Waals surface area contributed by atoms with Gasteiger partial charge in [-0.1, -0.05) is 18.2 Å². The van der Waals surface area contributed by atoms with Crippen molar-refractivity contribution in [2.75, 3.05) is 30.3 Å². The molecule has 22 heavy (non-hydrogen) atoms. The molecule has 0 aliphatic carbocycles. The molecule has 3 heterocycles. The Morgan fingerprint density at radius 1 is 1.32 bits per heavy atom. The highest BCUT2D eigenvalue weighted by molar-refractivity contribution is 5.64. The maximum absolute atomic E-state index is 5.94. The maximum Gasteiger partial charge on any atom is 0.222 e. The van der Waals surface area contributed by atoms with E-state index in [9.17, 15) is 0 Å². The second kappa shape index (κ2) is 5.57. The SMILES string of the molecule is Nc1nc(-c2c[c]ccc2)cc(N2CC3CCCNC3C2)n1. The summed E-state index contributed by atoms with van der Waals surface area (Å²) in [5.41, 5.74) is 7.82. The molecular weight excluding hydrogens is 274 g/mol. The van der Waals surface area contributed by atoms with Gasteiger partial charge in [0, 0.05) is 30.8 Å². The van der Waals surface area contributed by atoms with Crippen molar-refractivity contribution in [3.63, 3.8) is 0 Å². The largest absolute Gasteiger partial charge is 0.368 e. The molecule has 0 saturated carbocycles. The van der Waals surface area contributed by atoms with Crippen LogP contribution in [-0.4, -0.2) is 35.6 Å². The summed E-state index contributed by atoms with van der Waals surface area (Å²) in [4.78, 5) is 11.2. The number of hydrogen-bond acceptors (Lipinski definition) is 5. The number of fused-ring (bicyclic) bond motifs is 1. The van der Waals surface area contributed by atoms with Gasteiger partial charge in [0.2, 0.25) is 5.95 Å². The van der Waals surface area contributed by atoms with Gasteiger partial charge in [-0.15, -0.1) is 0 Å². The lowest BCUT2D eigenvalue weighted by Gasteiger charge is -2.24. The number of rotatable bonds is 2. The van der Waals surface area contributed by atoms with E-state index in [-0.39, 0.29) is 0 Å². The van der Waals surface area contributed by atoms with Gasteiger partial charge in [-0.2, -0.15) is 4.98 Å². The zero-order valence-corrected chi connectivity index (χ0v) is 12.5.